The molecule has 0 radical (unpaired) electrons. The molecule has 0 bridgehead atoms. The van der Waals surface area contributed by atoms with Gasteiger partial charge in [-0.3, -0.25) is 4.18 Å². The first-order valence-corrected chi connectivity index (χ1v) is 5.07. The Balaban J connectivity index is -0.000000405. The van der Waals surface area contributed by atoms with E-state index in [4.69, 9.17) is 0 Å². The largest absolute Gasteiger partial charge is 1.00 e. The zero-order chi connectivity index (χ0) is 8.04. The molecule has 5 heteroatoms. The Labute approximate surface area is 113 Å². The van der Waals surface area contributed by atoms with Crippen LogP contribution < -0.4 is 51.4 Å². The van der Waals surface area contributed by atoms with Gasteiger partial charge in [0, 0.05) is 0 Å². The molecule has 0 N–H and O–H groups in total. The van der Waals surface area contributed by atoms with Gasteiger partial charge in [-0.05, 0) is 12.8 Å². The van der Waals surface area contributed by atoms with E-state index in [1.807, 2.05) is 13.8 Å². The van der Waals surface area contributed by atoms with Crippen LogP contribution in [0.4, 0.5) is 0 Å². The summed E-state index contributed by atoms with van der Waals surface area (Å²) in [5, 5.41) is 0. The molecule has 0 aliphatic rings. The minimum atomic E-state index is -3.19. The van der Waals surface area contributed by atoms with E-state index in [9.17, 15) is 8.42 Å². The van der Waals surface area contributed by atoms with Crippen molar-refractivity contribution in [2.75, 3.05) is 12.4 Å². The topological polar surface area (TPSA) is 43.4 Å². The molecule has 0 aromatic rings. The molecule has 0 saturated heterocycles. The van der Waals surface area contributed by atoms with Gasteiger partial charge in [-0.15, -0.1) is 0 Å². The predicted octanol–water partition coefficient (Wildman–Crippen LogP) is -1.73. The first kappa shape index (κ1) is 15.0. The van der Waals surface area contributed by atoms with Crippen LogP contribution in [-0.4, -0.2) is 20.8 Å². The van der Waals surface area contributed by atoms with Crippen LogP contribution in [0.3, 0.4) is 0 Å². The summed E-state index contributed by atoms with van der Waals surface area (Å²) in [7, 11) is -3.19. The Hall–Kier alpha value is 1.55. The van der Waals surface area contributed by atoms with E-state index in [1.54, 1.807) is 0 Å². The SMILES string of the molecule is CCCOS(=O)(=O)CCC.[H-].[K+]. The average Bonchev–Trinajstić information content (AvgIpc) is 1.84. The molecule has 0 saturated carbocycles. The standard InChI is InChI=1S/C6H14O3S.K.H/c1-3-5-9-10(7,8)6-4-2;;/h3-6H2,1-2H3;;/q;+1;-1. The number of rotatable bonds is 5. The molecule has 0 aromatic heterocycles. The maximum Gasteiger partial charge on any atom is 1.00 e. The first-order chi connectivity index (χ1) is 4.62. The molecule has 0 heterocycles. The van der Waals surface area contributed by atoms with Gasteiger partial charge >= 0.3 is 51.4 Å². The van der Waals surface area contributed by atoms with Crippen molar-refractivity contribution < 1.29 is 65.4 Å². The normalized spacial score (nSPS) is 10.7. The Morgan fingerprint density at radius 3 is 2.18 bits per heavy atom. The molecule has 0 spiro atoms. The minimum absolute atomic E-state index is 0. The second-order valence-electron chi connectivity index (χ2n) is 2.08. The molecule has 0 aliphatic carbocycles. The van der Waals surface area contributed by atoms with Gasteiger partial charge in [-0.25, -0.2) is 0 Å². The third kappa shape index (κ3) is 9.46. The fourth-order valence-corrected chi connectivity index (χ4v) is 1.56. The quantitative estimate of drug-likeness (QED) is 0.397. The van der Waals surface area contributed by atoms with Crippen LogP contribution in [0, 0.1) is 0 Å². The molecule has 0 atom stereocenters. The van der Waals surface area contributed by atoms with Crippen molar-refractivity contribution in [2.24, 2.45) is 0 Å². The number of hydrogen-bond acceptors (Lipinski definition) is 3. The van der Waals surface area contributed by atoms with Crippen molar-refractivity contribution in [3.8, 4) is 0 Å². The summed E-state index contributed by atoms with van der Waals surface area (Å²) in [6.07, 6.45) is 1.36. The predicted molar refractivity (Wildman–Crippen MR) is 41.4 cm³/mol. The van der Waals surface area contributed by atoms with Gasteiger partial charge in [0.15, 0.2) is 0 Å². The van der Waals surface area contributed by atoms with Gasteiger partial charge in [0.05, 0.1) is 12.4 Å². The third-order valence-electron chi connectivity index (χ3n) is 0.921. The Morgan fingerprint density at radius 1 is 1.27 bits per heavy atom. The van der Waals surface area contributed by atoms with Crippen LogP contribution in [0.1, 0.15) is 28.1 Å². The summed E-state index contributed by atoms with van der Waals surface area (Å²) in [5.74, 6) is 0.132. The molecule has 0 unspecified atom stereocenters. The minimum Gasteiger partial charge on any atom is -1.00 e. The van der Waals surface area contributed by atoms with E-state index in [-0.39, 0.29) is 58.6 Å². The third-order valence-corrected chi connectivity index (χ3v) is 2.36. The van der Waals surface area contributed by atoms with E-state index in [2.05, 4.69) is 4.18 Å². The second kappa shape index (κ2) is 8.16. The van der Waals surface area contributed by atoms with Gasteiger partial charge < -0.3 is 1.43 Å². The van der Waals surface area contributed by atoms with Gasteiger partial charge in [0.1, 0.15) is 0 Å². The van der Waals surface area contributed by atoms with E-state index in [0.717, 1.165) is 6.42 Å². The molecule has 0 aromatic carbocycles. The van der Waals surface area contributed by atoms with Crippen LogP contribution in [0.5, 0.6) is 0 Å². The summed E-state index contributed by atoms with van der Waals surface area (Å²) < 4.78 is 26.1. The molecule has 11 heavy (non-hydrogen) atoms. The first-order valence-electron chi connectivity index (χ1n) is 3.49. The van der Waals surface area contributed by atoms with Crippen molar-refractivity contribution in [1.29, 1.82) is 0 Å². The second-order valence-corrected chi connectivity index (χ2v) is 3.84. The fourth-order valence-electron chi connectivity index (χ4n) is 0.519. The van der Waals surface area contributed by atoms with Gasteiger partial charge in [-0.2, -0.15) is 8.42 Å². The van der Waals surface area contributed by atoms with Crippen LogP contribution in [0.25, 0.3) is 0 Å². The van der Waals surface area contributed by atoms with Crippen molar-refractivity contribution in [1.82, 2.24) is 0 Å². The maximum atomic E-state index is 10.8. The van der Waals surface area contributed by atoms with Crippen molar-refractivity contribution in [2.45, 2.75) is 26.7 Å². The molecule has 0 rings (SSSR count). The average molecular weight is 206 g/mol. The van der Waals surface area contributed by atoms with Crippen molar-refractivity contribution in [3.05, 3.63) is 0 Å². The fraction of sp³-hybridized carbons (Fsp3) is 1.00. The van der Waals surface area contributed by atoms with Crippen molar-refractivity contribution in [3.63, 3.8) is 0 Å². The molecule has 64 valence electrons. The molecular weight excluding hydrogens is 191 g/mol. The Bertz CT molecular complexity index is 170. The Morgan fingerprint density at radius 2 is 1.82 bits per heavy atom. The molecule has 0 aliphatic heterocycles. The molecule has 0 amide bonds. The van der Waals surface area contributed by atoms with Crippen LogP contribution >= 0.6 is 0 Å². The summed E-state index contributed by atoms with van der Waals surface area (Å²) in [5.41, 5.74) is 0. The summed E-state index contributed by atoms with van der Waals surface area (Å²) in [6, 6.07) is 0. The molecule has 3 nitrogen and oxygen atoms in total. The van der Waals surface area contributed by atoms with E-state index >= 15 is 0 Å². The van der Waals surface area contributed by atoms with Gasteiger partial charge in [0.25, 0.3) is 10.1 Å². The van der Waals surface area contributed by atoms with Crippen LogP contribution in [0.15, 0.2) is 0 Å². The zero-order valence-electron chi connectivity index (χ0n) is 8.46. The zero-order valence-corrected chi connectivity index (χ0v) is 11.4. The molecular formula is C6H15KO3S. The number of hydrogen-bond donors (Lipinski definition) is 0. The summed E-state index contributed by atoms with van der Waals surface area (Å²) in [6.45, 7) is 4.00. The van der Waals surface area contributed by atoms with Crippen LogP contribution in [0.2, 0.25) is 0 Å². The maximum absolute atomic E-state index is 10.8. The summed E-state index contributed by atoms with van der Waals surface area (Å²) >= 11 is 0. The van der Waals surface area contributed by atoms with E-state index in [1.165, 1.54) is 0 Å². The van der Waals surface area contributed by atoms with Gasteiger partial charge in [-0.1, -0.05) is 13.8 Å². The monoisotopic (exact) mass is 206 g/mol. The van der Waals surface area contributed by atoms with Gasteiger partial charge in [0.2, 0.25) is 0 Å². The van der Waals surface area contributed by atoms with E-state index in [0.29, 0.717) is 13.0 Å². The van der Waals surface area contributed by atoms with Crippen LogP contribution in [-0.2, 0) is 14.3 Å². The van der Waals surface area contributed by atoms with Crippen molar-refractivity contribution >= 4 is 10.1 Å². The molecule has 0 fully saturated rings. The van der Waals surface area contributed by atoms with E-state index < -0.39 is 10.1 Å². The Kier molecular flexibility index (Phi) is 11.2. The smallest absolute Gasteiger partial charge is 1.00 e. The summed E-state index contributed by atoms with van der Waals surface area (Å²) in [4.78, 5) is 0.